The summed E-state index contributed by atoms with van der Waals surface area (Å²) in [6.45, 7) is 0. The van der Waals surface area contributed by atoms with E-state index in [1.807, 2.05) is 0 Å². The van der Waals surface area contributed by atoms with Gasteiger partial charge in [-0.05, 0) is 18.2 Å². The van der Waals surface area contributed by atoms with Crippen LogP contribution in [0.1, 0.15) is 12.0 Å². The van der Waals surface area contributed by atoms with Crippen molar-refractivity contribution in [2.45, 2.75) is 6.42 Å². The van der Waals surface area contributed by atoms with Gasteiger partial charge in [0, 0.05) is 17.9 Å². The average Bonchev–Trinajstić information content (AvgIpc) is 2.21. The predicted molar refractivity (Wildman–Crippen MR) is 56.9 cm³/mol. The highest BCUT2D eigenvalue weighted by atomic mass is 35.5. The van der Waals surface area contributed by atoms with Gasteiger partial charge in [-0.3, -0.25) is 0 Å². The minimum absolute atomic E-state index is 0.121. The summed E-state index contributed by atoms with van der Waals surface area (Å²) in [5.41, 5.74) is 0.810. The van der Waals surface area contributed by atoms with Crippen molar-refractivity contribution in [3.63, 3.8) is 0 Å². The third kappa shape index (κ3) is 2.86. The summed E-state index contributed by atoms with van der Waals surface area (Å²) in [5, 5.41) is 9.31. The maximum absolute atomic E-state index is 9.31. The molecule has 0 saturated heterocycles. The zero-order chi connectivity index (χ0) is 10.4. The molecule has 1 rings (SSSR count). The molecule has 2 nitrogen and oxygen atoms in total. The first kappa shape index (κ1) is 10.7. The largest absolute Gasteiger partial charge is 0.504 e. The van der Waals surface area contributed by atoms with Crippen molar-refractivity contribution in [2.75, 3.05) is 13.0 Å². The zero-order valence-corrected chi connectivity index (χ0v) is 8.64. The first-order valence-corrected chi connectivity index (χ1v) is 4.73. The van der Waals surface area contributed by atoms with Gasteiger partial charge in [0.1, 0.15) is 0 Å². The molecule has 0 aliphatic carbocycles. The van der Waals surface area contributed by atoms with Crippen LogP contribution in [-0.4, -0.2) is 18.1 Å². The Morgan fingerprint density at radius 1 is 1.50 bits per heavy atom. The topological polar surface area (TPSA) is 29.5 Å². The molecule has 14 heavy (non-hydrogen) atoms. The number of phenols is 1. The van der Waals surface area contributed by atoms with Gasteiger partial charge in [0.2, 0.25) is 0 Å². The van der Waals surface area contributed by atoms with E-state index in [1.165, 1.54) is 7.11 Å². The summed E-state index contributed by atoms with van der Waals surface area (Å²) < 4.78 is 4.95. The molecule has 1 aromatic carbocycles. The SMILES string of the molecule is COc1cc(C#CCCCl)ccc1O. The fourth-order valence-electron chi connectivity index (χ4n) is 0.967. The second-order valence-electron chi connectivity index (χ2n) is 2.63. The first-order valence-electron chi connectivity index (χ1n) is 4.19. The third-order valence-corrected chi connectivity index (χ3v) is 1.82. The molecule has 0 spiro atoms. The lowest BCUT2D eigenvalue weighted by Crippen LogP contribution is -1.84. The van der Waals surface area contributed by atoms with Crippen molar-refractivity contribution < 1.29 is 9.84 Å². The average molecular weight is 211 g/mol. The fraction of sp³-hybridized carbons (Fsp3) is 0.273. The molecule has 0 bridgehead atoms. The van der Waals surface area contributed by atoms with E-state index in [4.69, 9.17) is 16.3 Å². The highest BCUT2D eigenvalue weighted by molar-refractivity contribution is 6.18. The molecule has 0 aromatic heterocycles. The van der Waals surface area contributed by atoms with E-state index in [1.54, 1.807) is 18.2 Å². The van der Waals surface area contributed by atoms with Crippen molar-refractivity contribution in [1.29, 1.82) is 0 Å². The third-order valence-electron chi connectivity index (χ3n) is 1.63. The number of hydrogen-bond acceptors (Lipinski definition) is 2. The number of benzene rings is 1. The normalized spacial score (nSPS) is 9.00. The molecule has 1 N–H and O–H groups in total. The molecule has 0 fully saturated rings. The summed E-state index contributed by atoms with van der Waals surface area (Å²) in [6.07, 6.45) is 0.657. The molecular weight excluding hydrogens is 200 g/mol. The van der Waals surface area contributed by atoms with E-state index in [0.29, 0.717) is 18.1 Å². The lowest BCUT2D eigenvalue weighted by atomic mass is 10.2. The van der Waals surface area contributed by atoms with Crippen LogP contribution in [0.5, 0.6) is 11.5 Å². The summed E-state index contributed by atoms with van der Waals surface area (Å²) in [6, 6.07) is 4.99. The van der Waals surface area contributed by atoms with E-state index in [0.717, 1.165) is 5.56 Å². The zero-order valence-electron chi connectivity index (χ0n) is 7.88. The Morgan fingerprint density at radius 3 is 2.93 bits per heavy atom. The Morgan fingerprint density at radius 2 is 2.29 bits per heavy atom. The lowest BCUT2D eigenvalue weighted by Gasteiger charge is -2.02. The van der Waals surface area contributed by atoms with Crippen molar-refractivity contribution >= 4 is 11.6 Å². The molecular formula is C11H11ClO2. The Balaban J connectivity index is 2.86. The van der Waals surface area contributed by atoms with Gasteiger partial charge in [0.15, 0.2) is 11.5 Å². The number of halogens is 1. The van der Waals surface area contributed by atoms with Gasteiger partial charge in [0.25, 0.3) is 0 Å². The van der Waals surface area contributed by atoms with Crippen LogP contribution in [-0.2, 0) is 0 Å². The highest BCUT2D eigenvalue weighted by Crippen LogP contribution is 2.25. The molecule has 0 saturated carbocycles. The molecule has 1 aromatic rings. The van der Waals surface area contributed by atoms with Gasteiger partial charge in [-0.15, -0.1) is 11.6 Å². The fourth-order valence-corrected chi connectivity index (χ4v) is 1.06. The first-order chi connectivity index (χ1) is 6.77. The highest BCUT2D eigenvalue weighted by Gasteiger charge is 1.99. The van der Waals surface area contributed by atoms with Gasteiger partial charge >= 0.3 is 0 Å². The summed E-state index contributed by atoms with van der Waals surface area (Å²) in [5.74, 6) is 6.91. The molecule has 3 heteroatoms. The van der Waals surface area contributed by atoms with Crippen LogP contribution in [0.25, 0.3) is 0 Å². The monoisotopic (exact) mass is 210 g/mol. The second kappa shape index (κ2) is 5.41. The Bertz CT molecular complexity index is 363. The van der Waals surface area contributed by atoms with Crippen molar-refractivity contribution in [2.24, 2.45) is 0 Å². The van der Waals surface area contributed by atoms with Crippen molar-refractivity contribution in [1.82, 2.24) is 0 Å². The van der Waals surface area contributed by atoms with Crippen LogP contribution in [0, 0.1) is 11.8 Å². The van der Waals surface area contributed by atoms with E-state index in [9.17, 15) is 5.11 Å². The quantitative estimate of drug-likeness (QED) is 0.600. The Kier molecular flexibility index (Phi) is 4.15. The number of alkyl halides is 1. The number of ether oxygens (including phenoxy) is 1. The van der Waals surface area contributed by atoms with Gasteiger partial charge in [-0.25, -0.2) is 0 Å². The summed E-state index contributed by atoms with van der Waals surface area (Å²) in [7, 11) is 1.50. The van der Waals surface area contributed by atoms with Crippen LogP contribution < -0.4 is 4.74 Å². The van der Waals surface area contributed by atoms with Crippen LogP contribution in [0.2, 0.25) is 0 Å². The molecule has 0 heterocycles. The molecule has 0 amide bonds. The number of aromatic hydroxyl groups is 1. The van der Waals surface area contributed by atoms with E-state index in [2.05, 4.69) is 11.8 Å². The van der Waals surface area contributed by atoms with Gasteiger partial charge < -0.3 is 9.84 Å². The van der Waals surface area contributed by atoms with Crippen LogP contribution in [0.3, 0.4) is 0 Å². The molecule has 0 radical (unpaired) electrons. The molecule has 0 aliphatic rings. The number of methoxy groups -OCH3 is 1. The molecule has 0 atom stereocenters. The Hall–Kier alpha value is -1.33. The van der Waals surface area contributed by atoms with Crippen LogP contribution in [0.15, 0.2) is 18.2 Å². The molecule has 0 unspecified atom stereocenters. The lowest BCUT2D eigenvalue weighted by molar-refractivity contribution is 0.373. The van der Waals surface area contributed by atoms with Gasteiger partial charge in [-0.1, -0.05) is 11.8 Å². The number of phenolic OH excluding ortho intramolecular Hbond substituents is 1. The second-order valence-corrected chi connectivity index (χ2v) is 3.01. The minimum atomic E-state index is 0.121. The summed E-state index contributed by atoms with van der Waals surface area (Å²) >= 11 is 5.48. The van der Waals surface area contributed by atoms with E-state index in [-0.39, 0.29) is 5.75 Å². The number of hydrogen-bond donors (Lipinski definition) is 1. The molecule has 0 aliphatic heterocycles. The predicted octanol–water partition coefficient (Wildman–Crippen LogP) is 2.38. The summed E-state index contributed by atoms with van der Waals surface area (Å²) in [4.78, 5) is 0. The molecule has 74 valence electrons. The number of rotatable bonds is 2. The standard InChI is InChI=1S/C11H11ClO2/c1-14-11-8-9(4-2-3-7-12)5-6-10(11)13/h5-6,8,13H,3,7H2,1H3. The van der Waals surface area contributed by atoms with Crippen molar-refractivity contribution in [3.05, 3.63) is 23.8 Å². The van der Waals surface area contributed by atoms with Gasteiger partial charge in [-0.2, -0.15) is 0 Å². The van der Waals surface area contributed by atoms with Crippen LogP contribution in [0.4, 0.5) is 0 Å². The van der Waals surface area contributed by atoms with Crippen LogP contribution >= 0.6 is 11.6 Å². The van der Waals surface area contributed by atoms with E-state index < -0.39 is 0 Å². The van der Waals surface area contributed by atoms with E-state index >= 15 is 0 Å². The van der Waals surface area contributed by atoms with Gasteiger partial charge in [0.05, 0.1) is 7.11 Å². The Labute approximate surface area is 88.5 Å². The maximum Gasteiger partial charge on any atom is 0.161 e. The minimum Gasteiger partial charge on any atom is -0.504 e. The smallest absolute Gasteiger partial charge is 0.161 e. The van der Waals surface area contributed by atoms with Crippen molar-refractivity contribution in [3.8, 4) is 23.3 Å². The maximum atomic E-state index is 9.31.